The van der Waals surface area contributed by atoms with Crippen molar-refractivity contribution >= 4 is 12.4 Å². The van der Waals surface area contributed by atoms with Crippen molar-refractivity contribution in [1.82, 2.24) is 5.32 Å². The summed E-state index contributed by atoms with van der Waals surface area (Å²) in [4.78, 5) is 0. The Balaban J connectivity index is 0.00000161. The first kappa shape index (κ1) is 16.1. The fraction of sp³-hybridized carbons (Fsp3) is 0.368. The molecular formula is C19H24ClN. The molecule has 0 radical (unpaired) electrons. The highest BCUT2D eigenvalue weighted by molar-refractivity contribution is 5.85. The number of hydrogen-bond acceptors (Lipinski definition) is 1. The van der Waals surface area contributed by atoms with Gasteiger partial charge in [0.25, 0.3) is 0 Å². The SMILES string of the molecule is Cl.c1ccc(CC[C@@H]2C[C@H](CCc3ccccc3)N2)cc1. The minimum atomic E-state index is 0. The summed E-state index contributed by atoms with van der Waals surface area (Å²) >= 11 is 0. The van der Waals surface area contributed by atoms with E-state index < -0.39 is 0 Å². The maximum Gasteiger partial charge on any atom is 0.00876 e. The summed E-state index contributed by atoms with van der Waals surface area (Å²) in [5.41, 5.74) is 2.92. The molecule has 0 aliphatic carbocycles. The van der Waals surface area contributed by atoms with Crippen LogP contribution in [0.1, 0.15) is 30.4 Å². The third-order valence-electron chi connectivity index (χ3n) is 4.29. The van der Waals surface area contributed by atoms with E-state index in [1.165, 1.54) is 43.2 Å². The van der Waals surface area contributed by atoms with E-state index in [4.69, 9.17) is 0 Å². The summed E-state index contributed by atoms with van der Waals surface area (Å²) in [6.07, 6.45) is 6.28. The van der Waals surface area contributed by atoms with Gasteiger partial charge in [-0.3, -0.25) is 0 Å². The Labute approximate surface area is 134 Å². The number of aryl methyl sites for hydroxylation is 2. The highest BCUT2D eigenvalue weighted by atomic mass is 35.5. The van der Waals surface area contributed by atoms with E-state index in [9.17, 15) is 0 Å². The molecule has 1 nitrogen and oxygen atoms in total. The molecule has 1 N–H and O–H groups in total. The summed E-state index contributed by atoms with van der Waals surface area (Å²) in [6.45, 7) is 0. The molecule has 1 aliphatic rings. The average Bonchev–Trinajstić information content (AvgIpc) is 2.47. The van der Waals surface area contributed by atoms with Crippen molar-refractivity contribution in [2.75, 3.05) is 0 Å². The maximum atomic E-state index is 3.72. The van der Waals surface area contributed by atoms with Crippen molar-refractivity contribution in [1.29, 1.82) is 0 Å². The summed E-state index contributed by atoms with van der Waals surface area (Å²) in [6, 6.07) is 23.1. The minimum absolute atomic E-state index is 0. The Morgan fingerprint density at radius 2 is 1.10 bits per heavy atom. The van der Waals surface area contributed by atoms with Gasteiger partial charge in [-0.15, -0.1) is 12.4 Å². The molecule has 1 saturated heterocycles. The Morgan fingerprint density at radius 1 is 0.714 bits per heavy atom. The molecular weight excluding hydrogens is 278 g/mol. The number of halogens is 1. The molecule has 0 amide bonds. The van der Waals surface area contributed by atoms with E-state index in [1.807, 2.05) is 0 Å². The molecule has 0 spiro atoms. The van der Waals surface area contributed by atoms with Crippen molar-refractivity contribution in [3.05, 3.63) is 71.8 Å². The zero-order valence-corrected chi connectivity index (χ0v) is 13.2. The second-order valence-corrected chi connectivity index (χ2v) is 5.84. The predicted octanol–water partition coefficient (Wildman–Crippen LogP) is 4.40. The first-order chi connectivity index (χ1) is 9.90. The van der Waals surface area contributed by atoms with Gasteiger partial charge in [0.2, 0.25) is 0 Å². The first-order valence-corrected chi connectivity index (χ1v) is 7.74. The van der Waals surface area contributed by atoms with Gasteiger partial charge in [0.15, 0.2) is 0 Å². The van der Waals surface area contributed by atoms with Gasteiger partial charge >= 0.3 is 0 Å². The monoisotopic (exact) mass is 301 g/mol. The van der Waals surface area contributed by atoms with E-state index in [0.717, 1.165) is 12.1 Å². The Morgan fingerprint density at radius 3 is 1.48 bits per heavy atom. The van der Waals surface area contributed by atoms with Crippen molar-refractivity contribution in [2.24, 2.45) is 0 Å². The van der Waals surface area contributed by atoms with Crippen LogP contribution in [0.25, 0.3) is 0 Å². The van der Waals surface area contributed by atoms with Crippen molar-refractivity contribution < 1.29 is 0 Å². The molecule has 2 atom stereocenters. The summed E-state index contributed by atoms with van der Waals surface area (Å²) in [7, 11) is 0. The third-order valence-corrected chi connectivity index (χ3v) is 4.29. The Hall–Kier alpha value is -1.31. The highest BCUT2D eigenvalue weighted by Crippen LogP contribution is 2.21. The number of nitrogens with one attached hydrogen (secondary N) is 1. The van der Waals surface area contributed by atoms with Crippen LogP contribution in [0, 0.1) is 0 Å². The van der Waals surface area contributed by atoms with E-state index in [1.54, 1.807) is 0 Å². The van der Waals surface area contributed by atoms with Gasteiger partial charge in [-0.25, -0.2) is 0 Å². The highest BCUT2D eigenvalue weighted by Gasteiger charge is 2.26. The van der Waals surface area contributed by atoms with Crippen LogP contribution in [-0.2, 0) is 12.8 Å². The van der Waals surface area contributed by atoms with Crippen molar-refractivity contribution in [2.45, 2.75) is 44.2 Å². The van der Waals surface area contributed by atoms with Crippen LogP contribution >= 0.6 is 12.4 Å². The van der Waals surface area contributed by atoms with Gasteiger partial charge in [-0.2, -0.15) is 0 Å². The standard InChI is InChI=1S/C19H23N.ClH/c1-3-7-16(8-4-1)11-13-18-15-19(20-18)14-12-17-9-5-2-6-10-17;/h1-10,18-20H,11-15H2;1H/t18-,19+;. The summed E-state index contributed by atoms with van der Waals surface area (Å²) in [5, 5.41) is 3.72. The first-order valence-electron chi connectivity index (χ1n) is 7.74. The average molecular weight is 302 g/mol. The van der Waals surface area contributed by atoms with Crippen LogP contribution in [0.15, 0.2) is 60.7 Å². The number of rotatable bonds is 6. The fourth-order valence-corrected chi connectivity index (χ4v) is 3.03. The molecule has 2 aromatic carbocycles. The lowest BCUT2D eigenvalue weighted by Gasteiger charge is -2.37. The lowest BCUT2D eigenvalue weighted by Crippen LogP contribution is -2.52. The summed E-state index contributed by atoms with van der Waals surface area (Å²) < 4.78 is 0. The lowest BCUT2D eigenvalue weighted by molar-refractivity contribution is 0.240. The minimum Gasteiger partial charge on any atom is -0.311 e. The molecule has 112 valence electrons. The number of hydrogen-bond donors (Lipinski definition) is 1. The van der Waals surface area contributed by atoms with Crippen LogP contribution in [-0.4, -0.2) is 12.1 Å². The third kappa shape index (κ3) is 4.87. The normalized spacial score (nSPS) is 20.4. The van der Waals surface area contributed by atoms with Gasteiger partial charge in [0.05, 0.1) is 0 Å². The smallest absolute Gasteiger partial charge is 0.00876 e. The van der Waals surface area contributed by atoms with Crippen LogP contribution in [0.5, 0.6) is 0 Å². The van der Waals surface area contributed by atoms with Crippen LogP contribution in [0.3, 0.4) is 0 Å². The van der Waals surface area contributed by atoms with Crippen LogP contribution < -0.4 is 5.32 Å². The van der Waals surface area contributed by atoms with Crippen LogP contribution in [0.2, 0.25) is 0 Å². The molecule has 21 heavy (non-hydrogen) atoms. The second kappa shape index (κ2) is 8.21. The van der Waals surface area contributed by atoms with E-state index in [2.05, 4.69) is 66.0 Å². The van der Waals surface area contributed by atoms with Gasteiger partial charge in [-0.1, -0.05) is 60.7 Å². The fourth-order valence-electron chi connectivity index (χ4n) is 3.03. The Kier molecular flexibility index (Phi) is 6.28. The zero-order chi connectivity index (χ0) is 13.6. The van der Waals surface area contributed by atoms with Crippen molar-refractivity contribution in [3.63, 3.8) is 0 Å². The molecule has 0 aromatic heterocycles. The van der Waals surface area contributed by atoms with Crippen LogP contribution in [0.4, 0.5) is 0 Å². The van der Waals surface area contributed by atoms with Gasteiger partial charge in [0.1, 0.15) is 0 Å². The van der Waals surface area contributed by atoms with E-state index >= 15 is 0 Å². The van der Waals surface area contributed by atoms with E-state index in [-0.39, 0.29) is 12.4 Å². The number of benzene rings is 2. The largest absolute Gasteiger partial charge is 0.311 e. The molecule has 1 heterocycles. The predicted molar refractivity (Wildman–Crippen MR) is 92.1 cm³/mol. The van der Waals surface area contributed by atoms with Gasteiger partial charge in [-0.05, 0) is 43.2 Å². The Bertz CT molecular complexity index is 458. The van der Waals surface area contributed by atoms with E-state index in [0.29, 0.717) is 0 Å². The molecule has 0 bridgehead atoms. The quantitative estimate of drug-likeness (QED) is 0.833. The zero-order valence-electron chi connectivity index (χ0n) is 12.4. The van der Waals surface area contributed by atoms with Crippen molar-refractivity contribution in [3.8, 4) is 0 Å². The van der Waals surface area contributed by atoms with Gasteiger partial charge < -0.3 is 5.32 Å². The molecule has 0 saturated carbocycles. The second-order valence-electron chi connectivity index (χ2n) is 5.84. The maximum absolute atomic E-state index is 3.72. The molecule has 3 rings (SSSR count). The molecule has 2 aromatic rings. The topological polar surface area (TPSA) is 12.0 Å². The molecule has 2 heteroatoms. The lowest BCUT2D eigenvalue weighted by atomic mass is 9.88. The molecule has 1 fully saturated rings. The molecule has 1 aliphatic heterocycles. The summed E-state index contributed by atoms with van der Waals surface area (Å²) in [5.74, 6) is 0. The molecule has 0 unspecified atom stereocenters. The van der Waals surface area contributed by atoms with Gasteiger partial charge in [0, 0.05) is 12.1 Å².